The molecular formula is C38H44N2O4. The first-order chi connectivity index (χ1) is 21.1. The number of carbonyl (C=O) groups excluding carboxylic acids is 2. The lowest BCUT2D eigenvalue weighted by molar-refractivity contribution is -0.142. The molecule has 4 rings (SSSR count). The Morgan fingerprint density at radius 1 is 0.568 bits per heavy atom. The van der Waals surface area contributed by atoms with Gasteiger partial charge in [-0.2, -0.15) is 0 Å². The highest BCUT2D eigenvalue weighted by molar-refractivity contribution is 5.82. The molecule has 4 aromatic carbocycles. The Hall–Kier alpha value is -4.58. The van der Waals surface area contributed by atoms with Crippen molar-refractivity contribution in [2.24, 2.45) is 0 Å². The first-order valence-electron chi connectivity index (χ1n) is 15.2. The van der Waals surface area contributed by atoms with Gasteiger partial charge < -0.3 is 19.3 Å². The molecule has 0 N–H and O–H groups in total. The van der Waals surface area contributed by atoms with Gasteiger partial charge in [0.15, 0.2) is 12.2 Å². The largest absolute Gasteiger partial charge is 0.481 e. The third-order valence-electron chi connectivity index (χ3n) is 7.69. The summed E-state index contributed by atoms with van der Waals surface area (Å²) in [7, 11) is 0. The van der Waals surface area contributed by atoms with Crippen LogP contribution in [0.25, 0.3) is 0 Å². The molecule has 230 valence electrons. The third kappa shape index (κ3) is 8.96. The van der Waals surface area contributed by atoms with Crippen LogP contribution < -0.4 is 9.47 Å². The van der Waals surface area contributed by atoms with E-state index >= 15 is 0 Å². The molecule has 2 atom stereocenters. The molecule has 6 nitrogen and oxygen atoms in total. The number of rotatable bonds is 13. The lowest BCUT2D eigenvalue weighted by atomic mass is 10.1. The van der Waals surface area contributed by atoms with Gasteiger partial charge in [0.25, 0.3) is 11.8 Å². The second kappa shape index (κ2) is 15.2. The Kier molecular flexibility index (Phi) is 11.2. The molecule has 0 fully saturated rings. The zero-order valence-corrected chi connectivity index (χ0v) is 26.7. The molecule has 2 unspecified atom stereocenters. The fraction of sp³-hybridized carbons (Fsp3) is 0.316. The average molecular weight is 593 g/mol. The molecule has 0 aromatic heterocycles. The van der Waals surface area contributed by atoms with Crippen molar-refractivity contribution in [3.05, 3.63) is 130 Å². The van der Waals surface area contributed by atoms with E-state index in [-0.39, 0.29) is 11.8 Å². The predicted octanol–water partition coefficient (Wildman–Crippen LogP) is 7.21. The fourth-order valence-corrected chi connectivity index (χ4v) is 5.05. The number of amides is 2. The summed E-state index contributed by atoms with van der Waals surface area (Å²) in [6.07, 6.45) is -1.41. The first-order valence-corrected chi connectivity index (χ1v) is 15.2. The van der Waals surface area contributed by atoms with E-state index in [1.165, 1.54) is 0 Å². The van der Waals surface area contributed by atoms with Crippen molar-refractivity contribution in [2.75, 3.05) is 13.1 Å². The van der Waals surface area contributed by atoms with Crippen molar-refractivity contribution >= 4 is 11.8 Å². The Labute approximate surface area is 262 Å². The summed E-state index contributed by atoms with van der Waals surface area (Å²) in [6.45, 7) is 13.0. The molecule has 0 radical (unpaired) electrons. The van der Waals surface area contributed by atoms with Gasteiger partial charge in [-0.15, -0.1) is 0 Å². The zero-order chi connectivity index (χ0) is 31.6. The summed E-state index contributed by atoms with van der Waals surface area (Å²) < 4.78 is 12.4. The Bertz CT molecular complexity index is 1420. The fourth-order valence-electron chi connectivity index (χ4n) is 5.05. The van der Waals surface area contributed by atoms with Crippen molar-refractivity contribution in [1.29, 1.82) is 0 Å². The number of hydrogen-bond acceptors (Lipinski definition) is 4. The third-order valence-corrected chi connectivity index (χ3v) is 7.69. The summed E-state index contributed by atoms with van der Waals surface area (Å²) in [5.74, 6) is 1.12. The van der Waals surface area contributed by atoms with Crippen LogP contribution in [0.1, 0.15) is 47.2 Å². The molecule has 4 aromatic rings. The summed E-state index contributed by atoms with van der Waals surface area (Å²) in [6, 6.07) is 31.7. The lowest BCUT2D eigenvalue weighted by Gasteiger charge is -2.31. The molecule has 0 aliphatic heterocycles. The smallest absolute Gasteiger partial charge is 0.263 e. The second-order valence-electron chi connectivity index (χ2n) is 11.5. The number of benzene rings is 4. The minimum Gasteiger partial charge on any atom is -0.481 e. The lowest BCUT2D eigenvalue weighted by Crippen LogP contribution is -2.47. The minimum atomic E-state index is -0.705. The molecule has 0 spiro atoms. The molecule has 44 heavy (non-hydrogen) atoms. The van der Waals surface area contributed by atoms with Crippen LogP contribution in [0.5, 0.6) is 11.5 Å². The van der Waals surface area contributed by atoms with Gasteiger partial charge in [0.1, 0.15) is 11.5 Å². The Balaban J connectivity index is 1.55. The quantitative estimate of drug-likeness (QED) is 0.165. The van der Waals surface area contributed by atoms with E-state index in [1.807, 2.05) is 125 Å². The maximum Gasteiger partial charge on any atom is 0.263 e. The van der Waals surface area contributed by atoms with E-state index in [0.29, 0.717) is 37.7 Å². The molecule has 0 heterocycles. The monoisotopic (exact) mass is 592 g/mol. The highest BCUT2D eigenvalue weighted by Crippen LogP contribution is 2.23. The van der Waals surface area contributed by atoms with Gasteiger partial charge >= 0.3 is 0 Å². The Morgan fingerprint density at radius 3 is 1.30 bits per heavy atom. The van der Waals surface area contributed by atoms with Crippen molar-refractivity contribution in [3.63, 3.8) is 0 Å². The number of carbonyl (C=O) groups is 2. The van der Waals surface area contributed by atoms with E-state index in [4.69, 9.17) is 9.47 Å². The number of aryl methyl sites for hydroxylation is 4. The van der Waals surface area contributed by atoms with Crippen LogP contribution in [0.4, 0.5) is 0 Å². The van der Waals surface area contributed by atoms with Gasteiger partial charge in [0.2, 0.25) is 0 Å². The number of ether oxygens (including phenoxy) is 2. The van der Waals surface area contributed by atoms with Crippen LogP contribution in [-0.4, -0.2) is 46.9 Å². The number of hydrogen-bond donors (Lipinski definition) is 0. The molecule has 0 bridgehead atoms. The van der Waals surface area contributed by atoms with Crippen LogP contribution in [0, 0.1) is 27.7 Å². The normalized spacial score (nSPS) is 12.2. The van der Waals surface area contributed by atoms with E-state index in [0.717, 1.165) is 33.4 Å². The van der Waals surface area contributed by atoms with E-state index in [2.05, 4.69) is 0 Å². The SMILES string of the molecule is Cc1ccc(C)c(OC(C)C(=O)N(CCN(Cc2ccccc2)C(=O)C(C)Oc2cc(C)ccc2C)Cc2ccccc2)c1. The molecule has 6 heteroatoms. The summed E-state index contributed by atoms with van der Waals surface area (Å²) in [5.41, 5.74) is 6.10. The van der Waals surface area contributed by atoms with Gasteiger partial charge in [-0.1, -0.05) is 84.9 Å². The van der Waals surface area contributed by atoms with Crippen LogP contribution in [0.2, 0.25) is 0 Å². The van der Waals surface area contributed by atoms with E-state index in [9.17, 15) is 9.59 Å². The standard InChI is InChI=1S/C38H44N2O4/c1-27-17-19-29(3)35(23-27)43-31(5)37(41)39(25-33-13-9-7-10-14-33)21-22-40(26-34-15-11-8-12-16-34)38(42)32(6)44-36-24-28(2)18-20-30(36)4/h7-20,23-24,31-32H,21-22,25-26H2,1-6H3. The molecule has 0 saturated heterocycles. The van der Waals surface area contributed by atoms with E-state index in [1.54, 1.807) is 23.6 Å². The second-order valence-corrected chi connectivity index (χ2v) is 11.5. The summed E-state index contributed by atoms with van der Waals surface area (Å²) in [5, 5.41) is 0. The summed E-state index contributed by atoms with van der Waals surface area (Å²) >= 11 is 0. The van der Waals surface area contributed by atoms with Crippen molar-refractivity contribution in [3.8, 4) is 11.5 Å². The van der Waals surface area contributed by atoms with Gasteiger partial charge in [0, 0.05) is 26.2 Å². The maximum atomic E-state index is 13.9. The highest BCUT2D eigenvalue weighted by atomic mass is 16.5. The van der Waals surface area contributed by atoms with Gasteiger partial charge in [-0.05, 0) is 87.1 Å². The van der Waals surface area contributed by atoms with E-state index < -0.39 is 12.2 Å². The van der Waals surface area contributed by atoms with Crippen LogP contribution in [0.15, 0.2) is 97.1 Å². The number of nitrogens with zero attached hydrogens (tertiary/aromatic N) is 2. The topological polar surface area (TPSA) is 59.1 Å². The van der Waals surface area contributed by atoms with Gasteiger partial charge in [-0.25, -0.2) is 0 Å². The summed E-state index contributed by atoms with van der Waals surface area (Å²) in [4.78, 5) is 31.4. The predicted molar refractivity (Wildman–Crippen MR) is 176 cm³/mol. The molecule has 2 amide bonds. The minimum absolute atomic E-state index is 0.137. The van der Waals surface area contributed by atoms with Crippen molar-refractivity contribution in [2.45, 2.75) is 66.8 Å². The van der Waals surface area contributed by atoms with Gasteiger partial charge in [0.05, 0.1) is 0 Å². The van der Waals surface area contributed by atoms with Crippen molar-refractivity contribution < 1.29 is 19.1 Å². The van der Waals surface area contributed by atoms with Crippen LogP contribution in [-0.2, 0) is 22.7 Å². The maximum absolute atomic E-state index is 13.9. The Morgan fingerprint density at radius 2 is 0.932 bits per heavy atom. The average Bonchev–Trinajstić information content (AvgIpc) is 3.02. The van der Waals surface area contributed by atoms with Crippen LogP contribution >= 0.6 is 0 Å². The molecule has 0 saturated carbocycles. The molecular weight excluding hydrogens is 548 g/mol. The molecule has 0 aliphatic rings. The molecule has 0 aliphatic carbocycles. The highest BCUT2D eigenvalue weighted by Gasteiger charge is 2.27. The first kappa shape index (κ1) is 32.3. The van der Waals surface area contributed by atoms with Crippen LogP contribution in [0.3, 0.4) is 0 Å². The van der Waals surface area contributed by atoms with Gasteiger partial charge in [-0.3, -0.25) is 9.59 Å². The van der Waals surface area contributed by atoms with Crippen molar-refractivity contribution in [1.82, 2.24) is 9.80 Å². The zero-order valence-electron chi connectivity index (χ0n) is 26.7.